The number of aromatic nitrogens is 1. The Hall–Kier alpha value is -2.81. The van der Waals surface area contributed by atoms with E-state index in [2.05, 4.69) is 10.3 Å². The third-order valence-electron chi connectivity index (χ3n) is 2.88. The Morgan fingerprint density at radius 1 is 1.32 bits per heavy atom. The summed E-state index contributed by atoms with van der Waals surface area (Å²) in [5.41, 5.74) is 0.149. The molecule has 0 aliphatic rings. The smallest absolute Gasteiger partial charge is 0.434 e. The number of amides is 1. The number of nitrogens with one attached hydrogen (secondary N) is 1. The second kappa shape index (κ2) is 8.34. The molecule has 0 spiro atoms. The van der Waals surface area contributed by atoms with Gasteiger partial charge in [-0.3, -0.25) is 10.1 Å². The summed E-state index contributed by atoms with van der Waals surface area (Å²) in [5.74, 6) is -0.266. The Morgan fingerprint density at radius 2 is 2.04 bits per heavy atom. The van der Waals surface area contributed by atoms with E-state index in [1.165, 1.54) is 25.4 Å². The van der Waals surface area contributed by atoms with Gasteiger partial charge in [0.05, 0.1) is 12.2 Å². The summed E-state index contributed by atoms with van der Waals surface area (Å²) in [4.78, 5) is 39.3. The molecule has 2 aromatic rings. The maximum absolute atomic E-state index is 12.4. The molecular weight excluding hydrogens is 346 g/mol. The fourth-order valence-electron chi connectivity index (χ4n) is 1.73. The number of hydrogen-bond acceptors (Lipinski definition) is 7. The highest BCUT2D eigenvalue weighted by Gasteiger charge is 2.19. The second-order valence-corrected chi connectivity index (χ2v) is 6.52. The van der Waals surface area contributed by atoms with E-state index in [4.69, 9.17) is 9.47 Å². The van der Waals surface area contributed by atoms with E-state index in [0.717, 1.165) is 11.3 Å². The van der Waals surface area contributed by atoms with Crippen molar-refractivity contribution in [3.05, 3.63) is 40.9 Å². The Kier molecular flexibility index (Phi) is 6.18. The molecule has 1 heterocycles. The second-order valence-electron chi connectivity index (χ2n) is 5.51. The van der Waals surface area contributed by atoms with Gasteiger partial charge in [0.2, 0.25) is 0 Å². The summed E-state index contributed by atoms with van der Waals surface area (Å²) in [7, 11) is 1.34. The number of nitrogens with zero attached hydrogens (tertiary/aromatic N) is 2. The maximum Gasteiger partial charge on any atom is 0.513 e. The number of thiazole rings is 1. The van der Waals surface area contributed by atoms with Crippen LogP contribution in [0.2, 0.25) is 0 Å². The predicted molar refractivity (Wildman–Crippen MR) is 92.5 cm³/mol. The van der Waals surface area contributed by atoms with Crippen LogP contribution in [0.4, 0.5) is 14.9 Å². The summed E-state index contributed by atoms with van der Waals surface area (Å²) in [6.45, 7) is 4.02. The van der Waals surface area contributed by atoms with Gasteiger partial charge in [0.25, 0.3) is 5.91 Å². The predicted octanol–water partition coefficient (Wildman–Crippen LogP) is 3.61. The van der Waals surface area contributed by atoms with Crippen molar-refractivity contribution in [2.45, 2.75) is 13.8 Å². The third kappa shape index (κ3) is 5.35. The number of benzene rings is 1. The molecule has 0 aliphatic carbocycles. The van der Waals surface area contributed by atoms with Crippen LogP contribution in [0.15, 0.2) is 30.5 Å². The van der Waals surface area contributed by atoms with Gasteiger partial charge in [-0.2, -0.15) is 0 Å². The highest BCUT2D eigenvalue weighted by molar-refractivity contribution is 7.18. The van der Waals surface area contributed by atoms with Gasteiger partial charge in [0.15, 0.2) is 12.2 Å². The first-order valence-electron chi connectivity index (χ1n) is 7.48. The van der Waals surface area contributed by atoms with Crippen LogP contribution in [0, 0.1) is 10.8 Å². The van der Waals surface area contributed by atoms with E-state index in [1.54, 1.807) is 12.1 Å². The lowest BCUT2D eigenvalue weighted by Gasteiger charge is -2.10. The molecule has 0 unspecified atom stereocenters. The Morgan fingerprint density at radius 3 is 2.68 bits per heavy atom. The van der Waals surface area contributed by atoms with Crippen LogP contribution in [0.5, 0.6) is 5.75 Å². The summed E-state index contributed by atoms with van der Waals surface area (Å²) in [5, 5.41) is 3.19. The Bertz CT molecular complexity index is 788. The highest BCUT2D eigenvalue weighted by atomic mass is 32.1. The van der Waals surface area contributed by atoms with Crippen molar-refractivity contribution in [2.24, 2.45) is 5.92 Å². The zero-order chi connectivity index (χ0) is 18.4. The molecule has 0 atom stereocenters. The number of para-hydroxylation sites is 1. The fraction of sp³-hybridized carbons (Fsp3) is 0.312. The van der Waals surface area contributed by atoms with Crippen molar-refractivity contribution in [3.8, 4) is 5.75 Å². The average molecular weight is 364 g/mol. The number of ether oxygens (including phenoxy) is 2. The lowest BCUT2D eigenvalue weighted by molar-refractivity contribution is -0.424. The molecule has 0 radical (unpaired) electrons. The normalized spacial score (nSPS) is 10.4. The van der Waals surface area contributed by atoms with Gasteiger partial charge in [-0.1, -0.05) is 26.0 Å². The molecule has 0 fully saturated rings. The van der Waals surface area contributed by atoms with Gasteiger partial charge in [-0.15, -0.1) is 0 Å². The van der Waals surface area contributed by atoms with Crippen molar-refractivity contribution < 1.29 is 23.8 Å². The average Bonchev–Trinajstić information content (AvgIpc) is 3.02. The topological polar surface area (TPSA) is 97.6 Å². The number of hydrogen-bond donors (Lipinski definition) is 1. The Balaban J connectivity index is 2.09. The minimum absolute atomic E-state index is 0.0754. The first-order valence-corrected chi connectivity index (χ1v) is 8.30. The number of anilines is 1. The van der Waals surface area contributed by atoms with Crippen molar-refractivity contribution in [3.63, 3.8) is 0 Å². The van der Waals surface area contributed by atoms with E-state index in [-0.39, 0.29) is 29.0 Å². The minimum atomic E-state index is -0.876. The van der Waals surface area contributed by atoms with Crippen LogP contribution in [0.3, 0.4) is 0 Å². The molecule has 0 aliphatic heterocycles. The van der Waals surface area contributed by atoms with Crippen molar-refractivity contribution in [2.75, 3.05) is 19.0 Å². The quantitative estimate of drug-likeness (QED) is 0.478. The van der Waals surface area contributed by atoms with E-state index in [9.17, 15) is 14.5 Å². The first-order chi connectivity index (χ1) is 11.9. The third-order valence-corrected chi connectivity index (χ3v) is 3.86. The molecule has 0 saturated heterocycles. The molecule has 0 bridgehead atoms. The standard InChI is InChI=1S/C16H17N3O5S/c1-10(2)9-23-16(21)24-12-7-5-4-6-11(12)14(20)18-15-17-8-13(25-15)19(3)22/h4-8,10H,9H2,1-3H3/p+1. The zero-order valence-electron chi connectivity index (χ0n) is 14.0. The fourth-order valence-corrected chi connectivity index (χ4v) is 2.41. The number of carbonyl (C=O) groups excluding carboxylic acids is 2. The van der Waals surface area contributed by atoms with Gasteiger partial charge in [0.1, 0.15) is 11.9 Å². The lowest BCUT2D eigenvalue weighted by Crippen LogP contribution is -2.18. The van der Waals surface area contributed by atoms with Crippen LogP contribution in [0.25, 0.3) is 0 Å². The van der Waals surface area contributed by atoms with Crippen molar-refractivity contribution in [1.82, 2.24) is 4.98 Å². The van der Waals surface area contributed by atoms with Gasteiger partial charge in [-0.05, 0) is 29.4 Å². The summed E-state index contributed by atoms with van der Waals surface area (Å²) in [6.07, 6.45) is 0.484. The molecule has 9 heteroatoms. The monoisotopic (exact) mass is 364 g/mol. The van der Waals surface area contributed by atoms with Crippen LogP contribution in [-0.2, 0) is 4.74 Å². The van der Waals surface area contributed by atoms with Gasteiger partial charge >= 0.3 is 11.2 Å². The van der Waals surface area contributed by atoms with Crippen LogP contribution >= 0.6 is 11.3 Å². The molecule has 8 nitrogen and oxygen atoms in total. The molecule has 1 aromatic heterocycles. The Labute approximate surface area is 148 Å². The van der Waals surface area contributed by atoms with Crippen LogP contribution < -0.4 is 10.1 Å². The molecule has 2 rings (SSSR count). The van der Waals surface area contributed by atoms with E-state index >= 15 is 0 Å². The molecular formula is C16H18N3O5S+. The largest absolute Gasteiger partial charge is 0.513 e. The first kappa shape index (κ1) is 18.5. The van der Waals surface area contributed by atoms with E-state index in [0.29, 0.717) is 9.76 Å². The lowest BCUT2D eigenvalue weighted by atomic mass is 10.2. The van der Waals surface area contributed by atoms with Crippen molar-refractivity contribution >= 4 is 33.5 Å². The van der Waals surface area contributed by atoms with Crippen LogP contribution in [-0.4, -0.2) is 35.5 Å². The summed E-state index contributed by atoms with van der Waals surface area (Å²) < 4.78 is 10.7. The number of carbonyl (C=O) groups is 2. The van der Waals surface area contributed by atoms with Gasteiger partial charge in [-0.25, -0.2) is 9.78 Å². The van der Waals surface area contributed by atoms with Gasteiger partial charge in [0, 0.05) is 9.67 Å². The van der Waals surface area contributed by atoms with E-state index in [1.807, 2.05) is 13.8 Å². The van der Waals surface area contributed by atoms with Crippen molar-refractivity contribution in [1.29, 1.82) is 0 Å². The SMILES string of the molecule is CC(C)COC(=O)Oc1ccccc1C(=O)Nc1ncc([N+](C)=O)s1. The molecule has 25 heavy (non-hydrogen) atoms. The molecule has 1 N–H and O–H groups in total. The summed E-state index contributed by atoms with van der Waals surface area (Å²) in [6, 6.07) is 6.27. The maximum atomic E-state index is 12.4. The van der Waals surface area contributed by atoms with Gasteiger partial charge < -0.3 is 9.47 Å². The number of rotatable bonds is 6. The molecule has 132 valence electrons. The zero-order valence-corrected chi connectivity index (χ0v) is 14.8. The number of nitroso groups, excluding NO2 is 1. The van der Waals surface area contributed by atoms with E-state index < -0.39 is 12.1 Å². The molecule has 0 saturated carbocycles. The van der Waals surface area contributed by atoms with Crippen LogP contribution in [0.1, 0.15) is 24.2 Å². The molecule has 1 amide bonds. The highest BCUT2D eigenvalue weighted by Crippen LogP contribution is 2.26. The minimum Gasteiger partial charge on any atom is -0.434 e. The summed E-state index contributed by atoms with van der Waals surface area (Å²) >= 11 is 1.03. The molecule has 1 aromatic carbocycles.